The molecule has 0 radical (unpaired) electrons. The van der Waals surface area contributed by atoms with Crippen LogP contribution in [0.2, 0.25) is 0 Å². The molecule has 2 rings (SSSR count). The van der Waals surface area contributed by atoms with Crippen molar-refractivity contribution < 1.29 is 9.90 Å². The normalized spacial score (nSPS) is 18.0. The van der Waals surface area contributed by atoms with Gasteiger partial charge in [0.05, 0.1) is 6.10 Å². The minimum Gasteiger partial charge on any atom is -0.388 e. The van der Waals surface area contributed by atoms with E-state index in [0.717, 1.165) is 37.1 Å². The Kier molecular flexibility index (Phi) is 4.14. The summed E-state index contributed by atoms with van der Waals surface area (Å²) in [4.78, 5) is 13.0. The highest BCUT2D eigenvalue weighted by Gasteiger charge is 2.22. The number of aryl methyl sites for hydroxylation is 1. The van der Waals surface area contributed by atoms with Crippen molar-refractivity contribution in [2.45, 2.75) is 38.8 Å². The number of aromatic nitrogens is 1. The standard InChI is InChI=1S/C14H23N3O2/c1-10-9-11-12(5-4-6-13(11)18)17(10)8-7-15-14(19)16(2)3/h9,13,18H,4-8H2,1-3H3,(H,15,19). The number of aliphatic hydroxyl groups excluding tert-OH is 1. The molecule has 1 heterocycles. The van der Waals surface area contributed by atoms with Gasteiger partial charge in [-0.1, -0.05) is 0 Å². The predicted molar refractivity (Wildman–Crippen MR) is 74.2 cm³/mol. The third-order valence-electron chi connectivity index (χ3n) is 3.72. The largest absolute Gasteiger partial charge is 0.388 e. The fourth-order valence-electron chi connectivity index (χ4n) is 2.69. The van der Waals surface area contributed by atoms with Gasteiger partial charge in [-0.3, -0.25) is 0 Å². The molecule has 0 saturated heterocycles. The Hall–Kier alpha value is -1.49. The van der Waals surface area contributed by atoms with E-state index >= 15 is 0 Å². The number of fused-ring (bicyclic) bond motifs is 1. The summed E-state index contributed by atoms with van der Waals surface area (Å²) in [6.07, 6.45) is 2.58. The molecule has 0 spiro atoms. The number of urea groups is 1. The van der Waals surface area contributed by atoms with E-state index in [9.17, 15) is 9.90 Å². The van der Waals surface area contributed by atoms with Crippen molar-refractivity contribution in [3.63, 3.8) is 0 Å². The molecule has 106 valence electrons. The summed E-state index contributed by atoms with van der Waals surface area (Å²) in [5.41, 5.74) is 3.46. The maximum absolute atomic E-state index is 11.5. The monoisotopic (exact) mass is 265 g/mol. The Balaban J connectivity index is 2.03. The maximum Gasteiger partial charge on any atom is 0.316 e. The van der Waals surface area contributed by atoms with Gasteiger partial charge in [0.25, 0.3) is 0 Å². The molecule has 2 amide bonds. The Morgan fingerprint density at radius 1 is 1.58 bits per heavy atom. The molecule has 0 fully saturated rings. The number of aliphatic hydroxyl groups is 1. The van der Waals surface area contributed by atoms with E-state index < -0.39 is 0 Å². The van der Waals surface area contributed by atoms with Crippen LogP contribution in [0.25, 0.3) is 0 Å². The fraction of sp³-hybridized carbons (Fsp3) is 0.643. The van der Waals surface area contributed by atoms with Gasteiger partial charge in [-0.2, -0.15) is 0 Å². The quantitative estimate of drug-likeness (QED) is 0.869. The molecule has 1 unspecified atom stereocenters. The van der Waals surface area contributed by atoms with Gasteiger partial charge in [0.15, 0.2) is 0 Å². The first-order chi connectivity index (χ1) is 9.00. The first-order valence-corrected chi connectivity index (χ1v) is 6.83. The van der Waals surface area contributed by atoms with E-state index in [0.29, 0.717) is 6.54 Å². The van der Waals surface area contributed by atoms with Crippen LogP contribution in [0.4, 0.5) is 4.79 Å². The minimum absolute atomic E-state index is 0.0706. The smallest absolute Gasteiger partial charge is 0.316 e. The Morgan fingerprint density at radius 3 is 3.00 bits per heavy atom. The zero-order valence-electron chi connectivity index (χ0n) is 11.9. The highest BCUT2D eigenvalue weighted by Crippen LogP contribution is 2.31. The second-order valence-electron chi connectivity index (χ2n) is 5.37. The molecule has 0 bridgehead atoms. The van der Waals surface area contributed by atoms with Crippen molar-refractivity contribution in [1.82, 2.24) is 14.8 Å². The Bertz CT molecular complexity index is 466. The average molecular weight is 265 g/mol. The molecule has 0 aromatic carbocycles. The van der Waals surface area contributed by atoms with E-state index in [2.05, 4.69) is 22.9 Å². The van der Waals surface area contributed by atoms with Gasteiger partial charge in [-0.25, -0.2) is 4.79 Å². The van der Waals surface area contributed by atoms with E-state index in [1.54, 1.807) is 14.1 Å². The summed E-state index contributed by atoms with van der Waals surface area (Å²) in [7, 11) is 3.46. The zero-order chi connectivity index (χ0) is 14.0. The molecule has 1 aromatic rings. The highest BCUT2D eigenvalue weighted by molar-refractivity contribution is 5.73. The van der Waals surface area contributed by atoms with E-state index in [1.165, 1.54) is 10.6 Å². The van der Waals surface area contributed by atoms with Gasteiger partial charge in [0, 0.05) is 44.1 Å². The second kappa shape index (κ2) is 5.65. The number of carbonyl (C=O) groups excluding carboxylic acids is 1. The van der Waals surface area contributed by atoms with Gasteiger partial charge in [-0.05, 0) is 32.3 Å². The first-order valence-electron chi connectivity index (χ1n) is 6.83. The van der Waals surface area contributed by atoms with Crippen LogP contribution in [0, 0.1) is 6.92 Å². The third kappa shape index (κ3) is 2.92. The van der Waals surface area contributed by atoms with Crippen LogP contribution in [0.5, 0.6) is 0 Å². The molecule has 0 aliphatic heterocycles. The molecule has 0 saturated carbocycles. The van der Waals surface area contributed by atoms with Crippen molar-refractivity contribution in [3.05, 3.63) is 23.0 Å². The van der Waals surface area contributed by atoms with Gasteiger partial charge in [0.1, 0.15) is 0 Å². The van der Waals surface area contributed by atoms with Crippen molar-refractivity contribution in [3.8, 4) is 0 Å². The zero-order valence-corrected chi connectivity index (χ0v) is 11.9. The van der Waals surface area contributed by atoms with Gasteiger partial charge in [0.2, 0.25) is 0 Å². The highest BCUT2D eigenvalue weighted by atomic mass is 16.3. The fourth-order valence-corrected chi connectivity index (χ4v) is 2.69. The Morgan fingerprint density at radius 2 is 2.32 bits per heavy atom. The predicted octanol–water partition coefficient (Wildman–Crippen LogP) is 1.44. The number of hydrogen-bond acceptors (Lipinski definition) is 2. The molecule has 1 aliphatic carbocycles. The molecule has 5 nitrogen and oxygen atoms in total. The molecule has 2 N–H and O–H groups in total. The molecular formula is C14H23N3O2. The summed E-state index contributed by atoms with van der Waals surface area (Å²) in [5.74, 6) is 0. The van der Waals surface area contributed by atoms with E-state index in [4.69, 9.17) is 0 Å². The second-order valence-corrected chi connectivity index (χ2v) is 5.37. The van der Waals surface area contributed by atoms with Crippen molar-refractivity contribution >= 4 is 6.03 Å². The molecule has 1 atom stereocenters. The third-order valence-corrected chi connectivity index (χ3v) is 3.72. The number of carbonyl (C=O) groups is 1. The maximum atomic E-state index is 11.5. The molecule has 1 aliphatic rings. The van der Waals surface area contributed by atoms with E-state index in [1.807, 2.05) is 0 Å². The number of nitrogens with one attached hydrogen (secondary N) is 1. The number of hydrogen-bond donors (Lipinski definition) is 2. The summed E-state index contributed by atoms with van der Waals surface area (Å²) in [6, 6.07) is 2.01. The molecule has 5 heteroatoms. The lowest BCUT2D eigenvalue weighted by atomic mass is 9.95. The number of nitrogens with zero attached hydrogens (tertiary/aromatic N) is 2. The van der Waals surface area contributed by atoms with Crippen LogP contribution in [0.15, 0.2) is 6.07 Å². The lowest BCUT2D eigenvalue weighted by Gasteiger charge is -2.21. The molecule has 1 aromatic heterocycles. The van der Waals surface area contributed by atoms with E-state index in [-0.39, 0.29) is 12.1 Å². The first kappa shape index (κ1) is 13.9. The van der Waals surface area contributed by atoms with Crippen LogP contribution in [0.3, 0.4) is 0 Å². The van der Waals surface area contributed by atoms with Crippen LogP contribution < -0.4 is 5.32 Å². The van der Waals surface area contributed by atoms with Crippen molar-refractivity contribution in [2.75, 3.05) is 20.6 Å². The lowest BCUT2D eigenvalue weighted by molar-refractivity contribution is 0.155. The number of amides is 2. The van der Waals surface area contributed by atoms with Crippen LogP contribution in [-0.4, -0.2) is 41.2 Å². The molecular weight excluding hydrogens is 242 g/mol. The molecule has 19 heavy (non-hydrogen) atoms. The minimum atomic E-state index is -0.319. The van der Waals surface area contributed by atoms with Crippen molar-refractivity contribution in [1.29, 1.82) is 0 Å². The van der Waals surface area contributed by atoms with Gasteiger partial charge >= 0.3 is 6.03 Å². The van der Waals surface area contributed by atoms with Crippen LogP contribution in [-0.2, 0) is 13.0 Å². The van der Waals surface area contributed by atoms with Crippen LogP contribution >= 0.6 is 0 Å². The number of rotatable bonds is 3. The lowest BCUT2D eigenvalue weighted by Crippen LogP contribution is -2.36. The van der Waals surface area contributed by atoms with Crippen molar-refractivity contribution in [2.24, 2.45) is 0 Å². The van der Waals surface area contributed by atoms with Gasteiger partial charge < -0.3 is 19.9 Å². The SMILES string of the molecule is Cc1cc2c(n1CCNC(=O)N(C)C)CCCC2O. The van der Waals surface area contributed by atoms with Gasteiger partial charge in [-0.15, -0.1) is 0 Å². The Labute approximate surface area is 114 Å². The average Bonchev–Trinajstić information content (AvgIpc) is 2.68. The van der Waals surface area contributed by atoms with Crippen LogP contribution in [0.1, 0.15) is 35.9 Å². The summed E-state index contributed by atoms with van der Waals surface area (Å²) < 4.78 is 2.22. The topological polar surface area (TPSA) is 57.5 Å². The summed E-state index contributed by atoms with van der Waals surface area (Å²) in [5, 5.41) is 12.9. The summed E-state index contributed by atoms with van der Waals surface area (Å²) >= 11 is 0. The summed E-state index contributed by atoms with van der Waals surface area (Å²) in [6.45, 7) is 3.42.